The van der Waals surface area contributed by atoms with Crippen LogP contribution in [-0.2, 0) is 11.2 Å². The first-order chi connectivity index (χ1) is 18.1. The number of carbonyl (C=O) groups excluding carboxylic acids is 2. The van der Waals surface area contributed by atoms with Gasteiger partial charge in [-0.3, -0.25) is 9.78 Å². The van der Waals surface area contributed by atoms with Crippen LogP contribution in [0.4, 0.5) is 14.9 Å². The summed E-state index contributed by atoms with van der Waals surface area (Å²) in [6.07, 6.45) is 0.457. The van der Waals surface area contributed by atoms with Crippen LogP contribution >= 0.6 is 11.8 Å². The van der Waals surface area contributed by atoms with E-state index in [0.717, 1.165) is 16.2 Å². The molecule has 2 atom stereocenters. The van der Waals surface area contributed by atoms with Crippen molar-refractivity contribution in [2.24, 2.45) is 5.73 Å². The molecule has 0 spiro atoms. The molecule has 3 N–H and O–H groups in total. The second-order valence-electron chi connectivity index (χ2n) is 10.3. The average Bonchev–Trinajstić information content (AvgIpc) is 2.86. The van der Waals surface area contributed by atoms with Crippen LogP contribution in [0.25, 0.3) is 0 Å². The zero-order valence-electron chi connectivity index (χ0n) is 21.8. The van der Waals surface area contributed by atoms with E-state index in [9.17, 15) is 9.59 Å². The second-order valence-corrected chi connectivity index (χ2v) is 11.5. The molecule has 2 aromatic carbocycles. The smallest absolute Gasteiger partial charge is 0.410 e. The molecule has 7 nitrogen and oxygen atoms in total. The summed E-state index contributed by atoms with van der Waals surface area (Å²) in [5.41, 5.74) is 7.35. The highest BCUT2D eigenvalue weighted by Crippen LogP contribution is 2.28. The molecular weight excluding hydrogens is 503 g/mol. The third kappa shape index (κ3) is 7.47. The fourth-order valence-electron chi connectivity index (χ4n) is 4.18. The van der Waals surface area contributed by atoms with Crippen LogP contribution in [0.1, 0.15) is 48.8 Å². The number of nitrogens with zero attached hydrogens (tertiary/aromatic N) is 2. The van der Waals surface area contributed by atoms with Gasteiger partial charge in [0.15, 0.2) is 0 Å². The summed E-state index contributed by atoms with van der Waals surface area (Å²) in [4.78, 5) is 32.5. The van der Waals surface area contributed by atoms with Gasteiger partial charge in [0.2, 0.25) is 0 Å². The minimum atomic E-state index is -1.34. The summed E-state index contributed by atoms with van der Waals surface area (Å²) in [6.45, 7) is 5.57. The van der Waals surface area contributed by atoms with Crippen molar-refractivity contribution in [1.82, 2.24) is 9.88 Å². The summed E-state index contributed by atoms with van der Waals surface area (Å²) in [7, 11) is 0. The molecule has 1 saturated heterocycles. The normalized spacial score (nSPS) is 17.6. The molecule has 38 heavy (non-hydrogen) atoms. The molecule has 3 aromatic rings. The number of primary amides is 1. The van der Waals surface area contributed by atoms with Gasteiger partial charge in [0.1, 0.15) is 11.8 Å². The number of likely N-dealkylation sites (tertiary alicyclic amines) is 1. The number of rotatable bonds is 7. The number of halogens is 1. The Kier molecular flexibility index (Phi) is 8.56. The van der Waals surface area contributed by atoms with Gasteiger partial charge in [0, 0.05) is 34.6 Å². The maximum atomic E-state index is 15.1. The van der Waals surface area contributed by atoms with E-state index in [1.807, 2.05) is 30.3 Å². The van der Waals surface area contributed by atoms with Crippen molar-refractivity contribution in [2.75, 3.05) is 18.4 Å². The second kappa shape index (κ2) is 11.9. The predicted octanol–water partition coefficient (Wildman–Crippen LogP) is 5.68. The molecule has 1 fully saturated rings. The third-order valence-electron chi connectivity index (χ3n) is 6.05. The number of ether oxygens (including phenoxy) is 1. The van der Waals surface area contributed by atoms with Gasteiger partial charge in [-0.05, 0) is 63.1 Å². The summed E-state index contributed by atoms with van der Waals surface area (Å²) in [5, 5.41) is 3.15. The lowest BCUT2D eigenvalue weighted by Gasteiger charge is -2.36. The minimum Gasteiger partial charge on any atom is -0.444 e. The van der Waals surface area contributed by atoms with Crippen molar-refractivity contribution in [2.45, 2.75) is 61.2 Å². The van der Waals surface area contributed by atoms with Gasteiger partial charge in [0.05, 0.1) is 23.8 Å². The quantitative estimate of drug-likeness (QED) is 0.403. The Morgan fingerprint density at radius 2 is 1.82 bits per heavy atom. The molecule has 9 heteroatoms. The molecule has 2 amide bonds. The molecule has 0 radical (unpaired) electrons. The van der Waals surface area contributed by atoms with E-state index in [4.69, 9.17) is 10.5 Å². The van der Waals surface area contributed by atoms with Gasteiger partial charge in [-0.25, -0.2) is 9.18 Å². The van der Waals surface area contributed by atoms with Crippen molar-refractivity contribution < 1.29 is 18.7 Å². The van der Waals surface area contributed by atoms with Crippen LogP contribution in [-0.4, -0.2) is 52.8 Å². The molecule has 1 aliphatic heterocycles. The Morgan fingerprint density at radius 1 is 1.13 bits per heavy atom. The summed E-state index contributed by atoms with van der Waals surface area (Å²) in [5.74, 6) is -0.643. The monoisotopic (exact) mass is 536 g/mol. The zero-order chi connectivity index (χ0) is 27.3. The number of amides is 2. The lowest BCUT2D eigenvalue weighted by Crippen LogP contribution is -2.51. The van der Waals surface area contributed by atoms with Gasteiger partial charge >= 0.3 is 6.09 Å². The van der Waals surface area contributed by atoms with E-state index in [0.29, 0.717) is 25.1 Å². The SMILES string of the molecule is CC(C)(C)OC(=O)N1CC[C@@H](Nc2cc(Cc3ccc(Sc4ccccc4)cc3)ncc2C(N)=O)[C@@H](F)C1. The number of piperidine rings is 1. The number of nitrogens with two attached hydrogens (primary N) is 1. The minimum absolute atomic E-state index is 0.0935. The van der Waals surface area contributed by atoms with Gasteiger partial charge in [-0.2, -0.15) is 0 Å². The largest absolute Gasteiger partial charge is 0.444 e. The Hall–Kier alpha value is -3.59. The Labute approximate surface area is 227 Å². The van der Waals surface area contributed by atoms with Crippen LogP contribution in [0.15, 0.2) is 76.7 Å². The summed E-state index contributed by atoms with van der Waals surface area (Å²) < 4.78 is 20.5. The molecule has 0 saturated carbocycles. The van der Waals surface area contributed by atoms with Crippen LogP contribution in [0.3, 0.4) is 0 Å². The number of hydrogen-bond donors (Lipinski definition) is 2. The highest BCUT2D eigenvalue weighted by molar-refractivity contribution is 7.99. The lowest BCUT2D eigenvalue weighted by molar-refractivity contribution is 0.0125. The van der Waals surface area contributed by atoms with Gasteiger partial charge in [0.25, 0.3) is 5.91 Å². The van der Waals surface area contributed by atoms with E-state index >= 15 is 4.39 Å². The number of hydrogen-bond acceptors (Lipinski definition) is 6. The third-order valence-corrected chi connectivity index (χ3v) is 7.06. The number of aromatic nitrogens is 1. The van der Waals surface area contributed by atoms with Crippen LogP contribution in [0, 0.1) is 0 Å². The molecule has 0 unspecified atom stereocenters. The summed E-state index contributed by atoms with van der Waals surface area (Å²) >= 11 is 1.69. The van der Waals surface area contributed by atoms with Crippen molar-refractivity contribution in [3.63, 3.8) is 0 Å². The summed E-state index contributed by atoms with van der Waals surface area (Å²) in [6, 6.07) is 19.5. The maximum Gasteiger partial charge on any atom is 0.410 e. The van der Waals surface area contributed by atoms with Crippen LogP contribution < -0.4 is 11.1 Å². The predicted molar refractivity (Wildman–Crippen MR) is 147 cm³/mol. The number of nitrogens with one attached hydrogen (secondary N) is 1. The van der Waals surface area contributed by atoms with E-state index in [2.05, 4.69) is 34.6 Å². The number of carbonyl (C=O) groups is 2. The van der Waals surface area contributed by atoms with E-state index in [1.54, 1.807) is 38.6 Å². The maximum absolute atomic E-state index is 15.1. The van der Waals surface area contributed by atoms with E-state index in [1.165, 1.54) is 16.0 Å². The molecule has 0 bridgehead atoms. The van der Waals surface area contributed by atoms with Crippen LogP contribution in [0.2, 0.25) is 0 Å². The first-order valence-corrected chi connectivity index (χ1v) is 13.4. The Morgan fingerprint density at radius 3 is 2.45 bits per heavy atom. The first-order valence-electron chi connectivity index (χ1n) is 12.6. The van der Waals surface area contributed by atoms with E-state index < -0.39 is 29.8 Å². The van der Waals surface area contributed by atoms with Crippen molar-refractivity contribution in [1.29, 1.82) is 0 Å². The van der Waals surface area contributed by atoms with Crippen LogP contribution in [0.5, 0.6) is 0 Å². The molecule has 2 heterocycles. The standard InChI is InChI=1S/C29H33FN4O3S/c1-29(2,3)37-28(36)34-14-13-25(24(30)18-34)33-26-16-20(32-17-23(26)27(31)35)15-19-9-11-22(12-10-19)38-21-7-5-4-6-8-21/h4-12,16-17,24-25H,13-15,18H2,1-3H3,(H2,31,35)(H,32,33)/t24-,25+/m0/s1. The van der Waals surface area contributed by atoms with Crippen molar-refractivity contribution in [3.05, 3.63) is 83.7 Å². The highest BCUT2D eigenvalue weighted by atomic mass is 32.2. The Balaban J connectivity index is 1.42. The fourth-order valence-corrected chi connectivity index (χ4v) is 5.02. The highest BCUT2D eigenvalue weighted by Gasteiger charge is 2.34. The van der Waals surface area contributed by atoms with Gasteiger partial charge < -0.3 is 20.7 Å². The average molecular weight is 537 g/mol. The number of alkyl halides is 1. The first kappa shape index (κ1) is 27.4. The lowest BCUT2D eigenvalue weighted by atomic mass is 10.0. The fraction of sp³-hybridized carbons (Fsp3) is 0.345. The van der Waals surface area contributed by atoms with Gasteiger partial charge in [-0.1, -0.05) is 42.1 Å². The Bertz CT molecular complexity index is 1270. The van der Waals surface area contributed by atoms with Crippen molar-refractivity contribution >= 4 is 29.4 Å². The number of pyridine rings is 1. The molecule has 200 valence electrons. The molecule has 0 aliphatic carbocycles. The molecule has 1 aliphatic rings. The molecule has 1 aromatic heterocycles. The van der Waals surface area contributed by atoms with Crippen molar-refractivity contribution in [3.8, 4) is 0 Å². The number of anilines is 1. The molecular formula is C29H33FN4O3S. The number of benzene rings is 2. The van der Waals surface area contributed by atoms with Gasteiger partial charge in [-0.15, -0.1) is 0 Å². The van der Waals surface area contributed by atoms with E-state index in [-0.39, 0.29) is 12.1 Å². The molecule has 4 rings (SSSR count). The zero-order valence-corrected chi connectivity index (χ0v) is 22.6. The topological polar surface area (TPSA) is 97.6 Å².